The van der Waals surface area contributed by atoms with Crippen molar-refractivity contribution < 1.29 is 33.0 Å². The first-order chi connectivity index (χ1) is 9.25. The quantitative estimate of drug-likeness (QED) is 0.591. The van der Waals surface area contributed by atoms with Crippen molar-refractivity contribution in [1.82, 2.24) is 0 Å². The molecular weight excluding hydrogens is 314 g/mol. The minimum atomic E-state index is -4.96. The maximum absolute atomic E-state index is 13.0. The Kier molecular flexibility index (Phi) is 5.94. The van der Waals surface area contributed by atoms with Gasteiger partial charge in [-0.1, -0.05) is 11.6 Å². The minimum absolute atomic E-state index is 0.0794. The minimum Gasteiger partial charge on any atom is -0.428 e. The van der Waals surface area contributed by atoms with E-state index < -0.39 is 19.1 Å². The Labute approximate surface area is 120 Å². The van der Waals surface area contributed by atoms with E-state index in [-0.39, 0.29) is 24.0 Å². The van der Waals surface area contributed by atoms with E-state index in [0.717, 1.165) is 18.2 Å². The van der Waals surface area contributed by atoms with Gasteiger partial charge >= 0.3 is 13.3 Å². The summed E-state index contributed by atoms with van der Waals surface area (Å²) in [5.74, 6) is -0.782. The van der Waals surface area contributed by atoms with Crippen LogP contribution >= 0.6 is 19.2 Å². The molecular formula is C11H15ClFO6P. The first-order valence-corrected chi connectivity index (χ1v) is 7.72. The lowest BCUT2D eigenvalue weighted by atomic mass is 10.3. The van der Waals surface area contributed by atoms with Crippen molar-refractivity contribution in [3.8, 4) is 5.75 Å². The number of rotatable bonds is 7. The molecule has 0 aliphatic rings. The van der Waals surface area contributed by atoms with Crippen LogP contribution in [0.5, 0.6) is 5.75 Å². The van der Waals surface area contributed by atoms with Gasteiger partial charge in [0, 0.05) is 0 Å². The van der Waals surface area contributed by atoms with Crippen molar-refractivity contribution in [2.24, 2.45) is 0 Å². The van der Waals surface area contributed by atoms with Gasteiger partial charge in [0.15, 0.2) is 0 Å². The number of hydrogen-bond donors (Lipinski definition) is 2. The molecule has 6 nitrogen and oxygen atoms in total. The van der Waals surface area contributed by atoms with Crippen LogP contribution in [-0.4, -0.2) is 28.7 Å². The molecule has 20 heavy (non-hydrogen) atoms. The fraction of sp³-hybridized carbons (Fsp3) is 0.455. The van der Waals surface area contributed by atoms with E-state index in [0.29, 0.717) is 0 Å². The molecule has 9 heteroatoms. The van der Waals surface area contributed by atoms with Crippen LogP contribution in [-0.2, 0) is 14.0 Å². The topological polar surface area (TPSA) is 85.2 Å². The van der Waals surface area contributed by atoms with Gasteiger partial charge in [0.25, 0.3) is 0 Å². The van der Waals surface area contributed by atoms with Crippen LogP contribution in [0.1, 0.15) is 13.8 Å². The second kappa shape index (κ2) is 6.85. The van der Waals surface area contributed by atoms with Crippen LogP contribution in [0, 0.1) is 5.82 Å². The summed E-state index contributed by atoms with van der Waals surface area (Å²) < 4.78 is 39.6. The molecule has 0 saturated carbocycles. The largest absolute Gasteiger partial charge is 0.434 e. The fourth-order valence-electron chi connectivity index (χ4n) is 1.39. The Morgan fingerprint density at radius 1 is 1.30 bits per heavy atom. The molecule has 0 atom stereocenters. The molecule has 0 aliphatic heterocycles. The van der Waals surface area contributed by atoms with E-state index in [1.165, 1.54) is 13.8 Å². The third kappa shape index (κ3) is 3.91. The Morgan fingerprint density at radius 3 is 2.25 bits per heavy atom. The van der Waals surface area contributed by atoms with Crippen LogP contribution in [0.3, 0.4) is 0 Å². The number of benzene rings is 1. The van der Waals surface area contributed by atoms with Crippen LogP contribution < -0.4 is 4.74 Å². The van der Waals surface area contributed by atoms with Crippen LogP contribution in [0.15, 0.2) is 18.2 Å². The standard InChI is InChI=1S/C11H15ClFO6P/c1-3-17-11(18-4-2,20(14,15)16)19-10-6-5-8(13)7-9(10)12/h5-7H,3-4H2,1-2H3,(H2,14,15,16). The summed E-state index contributed by atoms with van der Waals surface area (Å²) in [5, 5.41) is -0.165. The van der Waals surface area contributed by atoms with E-state index in [1.807, 2.05) is 0 Å². The lowest BCUT2D eigenvalue weighted by Crippen LogP contribution is -2.42. The smallest absolute Gasteiger partial charge is 0.428 e. The molecule has 2 N–H and O–H groups in total. The zero-order valence-corrected chi connectivity index (χ0v) is 12.5. The van der Waals surface area contributed by atoms with Gasteiger partial charge in [-0.05, 0) is 32.0 Å². The Bertz CT molecular complexity index is 500. The van der Waals surface area contributed by atoms with Gasteiger partial charge in [0.2, 0.25) is 0 Å². The highest BCUT2D eigenvalue weighted by atomic mass is 35.5. The normalized spacial score (nSPS) is 12.5. The number of hydrogen-bond acceptors (Lipinski definition) is 4. The first-order valence-electron chi connectivity index (χ1n) is 5.73. The van der Waals surface area contributed by atoms with E-state index in [2.05, 4.69) is 0 Å². The molecule has 1 aromatic rings. The molecule has 1 aromatic carbocycles. The zero-order valence-electron chi connectivity index (χ0n) is 10.9. The first kappa shape index (κ1) is 17.4. The van der Waals surface area contributed by atoms with Gasteiger partial charge < -0.3 is 24.0 Å². The fourth-order valence-corrected chi connectivity index (χ4v) is 2.41. The monoisotopic (exact) mass is 328 g/mol. The van der Waals surface area contributed by atoms with Crippen molar-refractivity contribution in [1.29, 1.82) is 0 Å². The summed E-state index contributed by atoms with van der Waals surface area (Å²) >= 11 is 5.76. The van der Waals surface area contributed by atoms with Gasteiger partial charge in [-0.15, -0.1) is 0 Å². The van der Waals surface area contributed by atoms with Crippen molar-refractivity contribution in [2.45, 2.75) is 19.6 Å². The van der Waals surface area contributed by atoms with Crippen molar-refractivity contribution in [3.63, 3.8) is 0 Å². The molecule has 1 rings (SSSR count). The molecule has 0 aliphatic carbocycles. The molecule has 0 aromatic heterocycles. The molecule has 0 fully saturated rings. The lowest BCUT2D eigenvalue weighted by molar-refractivity contribution is -0.291. The predicted molar refractivity (Wildman–Crippen MR) is 70.1 cm³/mol. The summed E-state index contributed by atoms with van der Waals surface area (Å²) in [6.45, 7) is 2.87. The molecule has 0 saturated heterocycles. The third-order valence-corrected chi connectivity index (χ3v) is 3.50. The van der Waals surface area contributed by atoms with E-state index in [9.17, 15) is 18.7 Å². The van der Waals surface area contributed by atoms with Gasteiger partial charge in [0.05, 0.1) is 18.2 Å². The summed E-state index contributed by atoms with van der Waals surface area (Å²) in [6, 6.07) is 3.10. The Balaban J connectivity index is 3.20. The maximum Gasteiger partial charge on any atom is 0.434 e. The molecule has 0 heterocycles. The van der Waals surface area contributed by atoms with E-state index in [4.69, 9.17) is 25.8 Å². The van der Waals surface area contributed by atoms with Gasteiger partial charge in [0.1, 0.15) is 11.6 Å². The van der Waals surface area contributed by atoms with Crippen molar-refractivity contribution in [2.75, 3.05) is 13.2 Å². The average Bonchev–Trinajstić information content (AvgIpc) is 2.32. The summed E-state index contributed by atoms with van der Waals surface area (Å²) in [5.41, 5.74) is -2.61. The Hall–Kier alpha value is -0.690. The molecule has 114 valence electrons. The Morgan fingerprint density at radius 2 is 1.85 bits per heavy atom. The maximum atomic E-state index is 13.0. The second-order valence-electron chi connectivity index (χ2n) is 3.61. The molecule has 0 bridgehead atoms. The second-order valence-corrected chi connectivity index (χ2v) is 5.65. The van der Waals surface area contributed by atoms with Crippen LogP contribution in [0.25, 0.3) is 0 Å². The predicted octanol–water partition coefficient (Wildman–Crippen LogP) is 2.72. The SMILES string of the molecule is CCOC(OCC)(Oc1ccc(F)cc1Cl)P(=O)(O)O. The third-order valence-electron chi connectivity index (χ3n) is 2.14. The zero-order chi connectivity index (χ0) is 15.4. The highest BCUT2D eigenvalue weighted by molar-refractivity contribution is 7.52. The van der Waals surface area contributed by atoms with E-state index >= 15 is 0 Å². The highest BCUT2D eigenvalue weighted by Crippen LogP contribution is 2.53. The number of ether oxygens (including phenoxy) is 3. The average molecular weight is 329 g/mol. The lowest BCUT2D eigenvalue weighted by Gasteiger charge is -2.32. The van der Waals surface area contributed by atoms with Gasteiger partial charge in [-0.25, -0.2) is 8.96 Å². The van der Waals surface area contributed by atoms with Crippen LogP contribution in [0.2, 0.25) is 5.02 Å². The molecule has 0 spiro atoms. The van der Waals surface area contributed by atoms with Crippen molar-refractivity contribution >= 4 is 19.2 Å². The van der Waals surface area contributed by atoms with Crippen molar-refractivity contribution in [3.05, 3.63) is 29.0 Å². The molecule has 0 radical (unpaired) electrons. The summed E-state index contributed by atoms with van der Waals surface area (Å²) in [7, 11) is -4.96. The van der Waals surface area contributed by atoms with Gasteiger partial charge in [-0.3, -0.25) is 0 Å². The summed E-state index contributed by atoms with van der Waals surface area (Å²) in [6.07, 6.45) is 0. The van der Waals surface area contributed by atoms with Crippen LogP contribution in [0.4, 0.5) is 4.39 Å². The highest BCUT2D eigenvalue weighted by Gasteiger charge is 2.53. The summed E-state index contributed by atoms with van der Waals surface area (Å²) in [4.78, 5) is 18.8. The van der Waals surface area contributed by atoms with E-state index in [1.54, 1.807) is 0 Å². The molecule has 0 amide bonds. The number of halogens is 2. The van der Waals surface area contributed by atoms with Gasteiger partial charge in [-0.2, -0.15) is 0 Å². The molecule has 0 unspecified atom stereocenters.